The molecular weight excluding hydrogens is 398 g/mol. The van der Waals surface area contributed by atoms with E-state index in [1.165, 1.54) is 4.90 Å². The van der Waals surface area contributed by atoms with E-state index in [0.717, 1.165) is 0 Å². The molecule has 3 heterocycles. The van der Waals surface area contributed by atoms with Gasteiger partial charge in [-0.2, -0.15) is 15.0 Å². The fourth-order valence-electron chi connectivity index (χ4n) is 3.04. The highest BCUT2D eigenvalue weighted by Gasteiger charge is 2.18. The van der Waals surface area contributed by atoms with Crippen LogP contribution >= 0.6 is 0 Å². The summed E-state index contributed by atoms with van der Waals surface area (Å²) in [7, 11) is 3.41. The van der Waals surface area contributed by atoms with Gasteiger partial charge in [0.15, 0.2) is 5.82 Å². The van der Waals surface area contributed by atoms with Crippen molar-refractivity contribution in [3.8, 4) is 23.1 Å². The van der Waals surface area contributed by atoms with Gasteiger partial charge in [0.25, 0.3) is 5.91 Å². The number of hydrogen-bond acceptors (Lipinski definition) is 9. The summed E-state index contributed by atoms with van der Waals surface area (Å²) in [6, 6.07) is 10.4. The number of hydrogen-bond donors (Lipinski definition) is 1. The second-order valence-electron chi connectivity index (χ2n) is 7.14. The molecule has 1 fully saturated rings. The Labute approximate surface area is 179 Å². The van der Waals surface area contributed by atoms with Crippen LogP contribution in [0, 0.1) is 0 Å². The summed E-state index contributed by atoms with van der Waals surface area (Å²) in [6.45, 7) is 2.53. The first-order valence-electron chi connectivity index (χ1n) is 9.80. The third-order valence-electron chi connectivity index (χ3n) is 4.65. The number of morpholine rings is 1. The Bertz CT molecular complexity index is 1070. The highest BCUT2D eigenvalue weighted by Crippen LogP contribution is 2.25. The number of rotatable bonds is 5. The largest absolute Gasteiger partial charge is 0.424 e. The number of pyridine rings is 1. The van der Waals surface area contributed by atoms with Crippen molar-refractivity contribution in [2.75, 3.05) is 51.0 Å². The standard InChI is InChI=1S/C21H23N7O3/c1-27(2)19(29)14-3-5-16(6-4-14)31-21-25-18(15-7-8-23-17(22)13-15)24-20(26-21)28-9-11-30-12-10-28/h3-8,13H,9-12H2,1-2H3,(H2,22,23). The molecular formula is C21H23N7O3. The molecule has 10 nitrogen and oxygen atoms in total. The first-order valence-corrected chi connectivity index (χ1v) is 9.80. The van der Waals surface area contributed by atoms with Crippen LogP contribution in [0.5, 0.6) is 11.8 Å². The average Bonchev–Trinajstić information content (AvgIpc) is 2.79. The van der Waals surface area contributed by atoms with E-state index < -0.39 is 0 Å². The molecule has 2 aromatic heterocycles. The summed E-state index contributed by atoms with van der Waals surface area (Å²) < 4.78 is 11.3. The SMILES string of the molecule is CN(C)C(=O)c1ccc(Oc2nc(-c3ccnc(N)c3)nc(N3CCOCC3)n2)cc1. The maximum atomic E-state index is 12.1. The van der Waals surface area contributed by atoms with Gasteiger partial charge in [0.05, 0.1) is 13.2 Å². The smallest absolute Gasteiger partial charge is 0.327 e. The number of nitrogens with zero attached hydrogens (tertiary/aromatic N) is 6. The monoisotopic (exact) mass is 421 g/mol. The van der Waals surface area contributed by atoms with E-state index in [-0.39, 0.29) is 11.9 Å². The molecule has 0 aliphatic carbocycles. The van der Waals surface area contributed by atoms with Gasteiger partial charge in [0.1, 0.15) is 11.6 Å². The lowest BCUT2D eigenvalue weighted by Crippen LogP contribution is -2.37. The zero-order chi connectivity index (χ0) is 21.8. The third kappa shape index (κ3) is 4.86. The van der Waals surface area contributed by atoms with Crippen LogP contribution in [-0.2, 0) is 4.74 Å². The van der Waals surface area contributed by atoms with Gasteiger partial charge in [0, 0.05) is 44.5 Å². The summed E-state index contributed by atoms with van der Waals surface area (Å²) in [6.07, 6.45) is 1.60. The Morgan fingerprint density at radius 3 is 2.52 bits per heavy atom. The summed E-state index contributed by atoms with van der Waals surface area (Å²) in [4.78, 5) is 33.2. The van der Waals surface area contributed by atoms with Crippen molar-refractivity contribution in [1.29, 1.82) is 0 Å². The number of carbonyl (C=O) groups is 1. The minimum absolute atomic E-state index is 0.0844. The molecule has 0 radical (unpaired) electrons. The van der Waals surface area contributed by atoms with Crippen molar-refractivity contribution in [2.45, 2.75) is 0 Å². The van der Waals surface area contributed by atoms with Crippen LogP contribution in [-0.4, -0.2) is 71.1 Å². The summed E-state index contributed by atoms with van der Waals surface area (Å²) >= 11 is 0. The Morgan fingerprint density at radius 2 is 1.84 bits per heavy atom. The average molecular weight is 421 g/mol. The molecule has 0 atom stereocenters. The number of carbonyl (C=O) groups excluding carboxylic acids is 1. The predicted octanol–water partition coefficient (Wildman–Crippen LogP) is 1.85. The van der Waals surface area contributed by atoms with Crippen LogP contribution < -0.4 is 15.4 Å². The van der Waals surface area contributed by atoms with E-state index in [2.05, 4.69) is 19.9 Å². The van der Waals surface area contributed by atoms with Gasteiger partial charge in [0.2, 0.25) is 5.95 Å². The van der Waals surface area contributed by atoms with Crippen molar-refractivity contribution < 1.29 is 14.3 Å². The Balaban J connectivity index is 1.66. The molecule has 1 aliphatic heterocycles. The molecule has 0 bridgehead atoms. The Hall–Kier alpha value is -3.79. The van der Waals surface area contributed by atoms with Crippen LogP contribution in [0.3, 0.4) is 0 Å². The molecule has 3 aromatic rings. The summed E-state index contributed by atoms with van der Waals surface area (Å²) in [5.41, 5.74) is 7.10. The van der Waals surface area contributed by atoms with E-state index in [0.29, 0.717) is 60.8 Å². The zero-order valence-corrected chi connectivity index (χ0v) is 17.4. The van der Waals surface area contributed by atoms with Gasteiger partial charge in [-0.25, -0.2) is 4.98 Å². The van der Waals surface area contributed by atoms with Gasteiger partial charge in [-0.05, 0) is 36.4 Å². The van der Waals surface area contributed by atoms with Crippen LogP contribution in [0.1, 0.15) is 10.4 Å². The number of ether oxygens (including phenoxy) is 2. The lowest BCUT2D eigenvalue weighted by atomic mass is 10.2. The predicted molar refractivity (Wildman–Crippen MR) is 115 cm³/mol. The number of nitrogen functional groups attached to an aromatic ring is 1. The molecule has 2 N–H and O–H groups in total. The Morgan fingerprint density at radius 1 is 1.10 bits per heavy atom. The van der Waals surface area contributed by atoms with Gasteiger partial charge >= 0.3 is 6.01 Å². The number of benzene rings is 1. The maximum Gasteiger partial charge on any atom is 0.327 e. The Kier molecular flexibility index (Phi) is 5.89. The van der Waals surface area contributed by atoms with Gasteiger partial charge in [-0.15, -0.1) is 0 Å². The van der Waals surface area contributed by atoms with E-state index in [9.17, 15) is 4.79 Å². The maximum absolute atomic E-state index is 12.1. The fraction of sp³-hybridized carbons (Fsp3) is 0.286. The number of nitrogens with two attached hydrogens (primary N) is 1. The highest BCUT2D eigenvalue weighted by molar-refractivity contribution is 5.93. The highest BCUT2D eigenvalue weighted by atomic mass is 16.5. The normalized spacial score (nSPS) is 13.7. The molecule has 0 unspecified atom stereocenters. The number of amides is 1. The quantitative estimate of drug-likeness (QED) is 0.658. The second kappa shape index (κ2) is 8.92. The second-order valence-corrected chi connectivity index (χ2v) is 7.14. The molecule has 31 heavy (non-hydrogen) atoms. The first-order chi connectivity index (χ1) is 15.0. The molecule has 1 saturated heterocycles. The fourth-order valence-corrected chi connectivity index (χ4v) is 3.04. The molecule has 160 valence electrons. The van der Waals surface area contributed by atoms with Gasteiger partial charge in [-0.1, -0.05) is 0 Å². The lowest BCUT2D eigenvalue weighted by Gasteiger charge is -2.27. The molecule has 10 heteroatoms. The van der Waals surface area contributed by atoms with Crippen molar-refractivity contribution >= 4 is 17.7 Å². The minimum atomic E-state index is -0.0844. The van der Waals surface area contributed by atoms with Crippen LogP contribution in [0.15, 0.2) is 42.6 Å². The molecule has 0 saturated carbocycles. The van der Waals surface area contributed by atoms with Gasteiger partial charge in [-0.3, -0.25) is 4.79 Å². The van der Waals surface area contributed by atoms with Crippen molar-refractivity contribution in [3.05, 3.63) is 48.2 Å². The van der Waals surface area contributed by atoms with Crippen molar-refractivity contribution in [3.63, 3.8) is 0 Å². The first kappa shape index (κ1) is 20.5. The van der Waals surface area contributed by atoms with E-state index in [1.807, 2.05) is 4.90 Å². The minimum Gasteiger partial charge on any atom is -0.424 e. The van der Waals surface area contributed by atoms with Gasteiger partial charge < -0.3 is 25.0 Å². The summed E-state index contributed by atoms with van der Waals surface area (Å²) in [5.74, 6) is 1.72. The van der Waals surface area contributed by atoms with E-state index >= 15 is 0 Å². The van der Waals surface area contributed by atoms with Crippen LogP contribution in [0.2, 0.25) is 0 Å². The zero-order valence-electron chi connectivity index (χ0n) is 17.4. The molecule has 1 aliphatic rings. The number of anilines is 2. The topological polar surface area (TPSA) is 120 Å². The van der Waals surface area contributed by atoms with Crippen LogP contribution in [0.4, 0.5) is 11.8 Å². The van der Waals surface area contributed by atoms with E-state index in [4.69, 9.17) is 15.2 Å². The van der Waals surface area contributed by atoms with Crippen molar-refractivity contribution in [2.24, 2.45) is 0 Å². The number of aromatic nitrogens is 4. The molecule has 1 amide bonds. The lowest BCUT2D eigenvalue weighted by molar-refractivity contribution is 0.0827. The molecule has 4 rings (SSSR count). The van der Waals surface area contributed by atoms with E-state index in [1.54, 1.807) is 56.7 Å². The molecule has 0 spiro atoms. The third-order valence-corrected chi connectivity index (χ3v) is 4.65. The van der Waals surface area contributed by atoms with Crippen LogP contribution in [0.25, 0.3) is 11.4 Å². The molecule has 1 aromatic carbocycles. The summed E-state index contributed by atoms with van der Waals surface area (Å²) in [5, 5.41) is 0. The van der Waals surface area contributed by atoms with Crippen molar-refractivity contribution in [1.82, 2.24) is 24.8 Å².